The number of benzene rings is 1. The van der Waals surface area contributed by atoms with Crippen LogP contribution in [-0.4, -0.2) is 31.3 Å². The zero-order valence-electron chi connectivity index (χ0n) is 15.2. The van der Waals surface area contributed by atoms with Crippen LogP contribution in [0.4, 0.5) is 23.4 Å². The number of anilines is 4. The van der Waals surface area contributed by atoms with Crippen LogP contribution in [0.3, 0.4) is 0 Å². The molecule has 1 aliphatic rings. The molecule has 1 aromatic carbocycles. The van der Waals surface area contributed by atoms with Gasteiger partial charge in [-0.25, -0.2) is 9.97 Å². The predicted octanol–water partition coefficient (Wildman–Crippen LogP) is 3.38. The average molecular weight is 364 g/mol. The third-order valence-corrected chi connectivity index (χ3v) is 4.82. The van der Waals surface area contributed by atoms with Crippen LogP contribution in [-0.2, 0) is 0 Å². The molecule has 8 nitrogen and oxygen atoms in total. The Bertz CT molecular complexity index is 870. The Labute approximate surface area is 158 Å². The maximum Gasteiger partial charge on any atom is 0.244 e. The fourth-order valence-corrected chi connectivity index (χ4v) is 3.40. The molecule has 1 fully saturated rings. The van der Waals surface area contributed by atoms with Gasteiger partial charge in [-0.3, -0.25) is 0 Å². The van der Waals surface area contributed by atoms with E-state index in [4.69, 9.17) is 5.73 Å². The van der Waals surface area contributed by atoms with Crippen molar-refractivity contribution in [2.75, 3.05) is 22.9 Å². The lowest BCUT2D eigenvalue weighted by Gasteiger charge is -2.21. The zero-order valence-corrected chi connectivity index (χ0v) is 15.2. The molecule has 140 valence electrons. The smallest absolute Gasteiger partial charge is 0.244 e. The average Bonchev–Trinajstić information content (AvgIpc) is 3.09. The minimum atomic E-state index is 0.297. The van der Waals surface area contributed by atoms with Crippen LogP contribution in [0.25, 0.3) is 5.82 Å². The second kappa shape index (κ2) is 8.03. The van der Waals surface area contributed by atoms with Gasteiger partial charge in [0.1, 0.15) is 12.1 Å². The zero-order chi connectivity index (χ0) is 18.5. The highest BCUT2D eigenvalue weighted by molar-refractivity contribution is 5.57. The van der Waals surface area contributed by atoms with Crippen molar-refractivity contribution in [3.05, 3.63) is 42.7 Å². The van der Waals surface area contributed by atoms with Gasteiger partial charge in [0.25, 0.3) is 0 Å². The van der Waals surface area contributed by atoms with Crippen LogP contribution in [0, 0.1) is 5.92 Å². The van der Waals surface area contributed by atoms with E-state index in [2.05, 4.69) is 30.7 Å². The van der Waals surface area contributed by atoms with E-state index in [-0.39, 0.29) is 0 Å². The molecule has 0 spiro atoms. The van der Waals surface area contributed by atoms with Crippen LogP contribution in [0.5, 0.6) is 0 Å². The van der Waals surface area contributed by atoms with Gasteiger partial charge in [0.05, 0.1) is 0 Å². The van der Waals surface area contributed by atoms with Crippen molar-refractivity contribution >= 4 is 23.4 Å². The van der Waals surface area contributed by atoms with Crippen molar-refractivity contribution in [3.63, 3.8) is 0 Å². The largest absolute Gasteiger partial charge is 0.368 e. The summed E-state index contributed by atoms with van der Waals surface area (Å²) in [5.74, 6) is 2.75. The molecule has 0 radical (unpaired) electrons. The van der Waals surface area contributed by atoms with Crippen molar-refractivity contribution in [1.82, 2.24) is 24.7 Å². The second-order valence-electron chi connectivity index (χ2n) is 6.84. The number of hydrogen-bond acceptors (Lipinski definition) is 7. The quantitative estimate of drug-likeness (QED) is 0.615. The number of nitrogens with two attached hydrogens (primary N) is 1. The summed E-state index contributed by atoms with van der Waals surface area (Å²) in [6.45, 7) is 0.883. The van der Waals surface area contributed by atoms with Crippen molar-refractivity contribution in [2.45, 2.75) is 32.1 Å². The van der Waals surface area contributed by atoms with Gasteiger partial charge in [-0.1, -0.05) is 37.5 Å². The van der Waals surface area contributed by atoms with Crippen LogP contribution >= 0.6 is 0 Å². The molecule has 0 amide bonds. The van der Waals surface area contributed by atoms with Gasteiger partial charge in [-0.2, -0.15) is 9.67 Å². The summed E-state index contributed by atoms with van der Waals surface area (Å²) in [6.07, 6.45) is 8.00. The number of nitrogens with zero attached hydrogens (tertiary/aromatic N) is 5. The summed E-state index contributed by atoms with van der Waals surface area (Å²) in [5.41, 5.74) is 7.00. The van der Waals surface area contributed by atoms with E-state index >= 15 is 0 Å². The summed E-state index contributed by atoms with van der Waals surface area (Å²) in [6, 6.07) is 11.6. The van der Waals surface area contributed by atoms with Crippen molar-refractivity contribution in [2.24, 2.45) is 5.92 Å². The summed E-state index contributed by atoms with van der Waals surface area (Å²) < 4.78 is 1.53. The first-order valence-electron chi connectivity index (χ1n) is 9.39. The molecule has 3 aromatic rings. The lowest BCUT2D eigenvalue weighted by atomic mass is 9.89. The first-order chi connectivity index (χ1) is 13.3. The first-order valence-corrected chi connectivity index (χ1v) is 9.39. The van der Waals surface area contributed by atoms with Crippen LogP contribution in [0.2, 0.25) is 0 Å². The maximum absolute atomic E-state index is 6.05. The molecule has 0 atom stereocenters. The highest BCUT2D eigenvalue weighted by atomic mass is 15.4. The van der Waals surface area contributed by atoms with Gasteiger partial charge in [-0.15, -0.1) is 5.10 Å². The molecule has 0 bridgehead atoms. The van der Waals surface area contributed by atoms with E-state index < -0.39 is 0 Å². The van der Waals surface area contributed by atoms with Gasteiger partial charge in [0, 0.05) is 18.3 Å². The van der Waals surface area contributed by atoms with Crippen molar-refractivity contribution in [3.8, 4) is 5.82 Å². The summed E-state index contributed by atoms with van der Waals surface area (Å²) in [4.78, 5) is 12.9. The molecule has 1 aliphatic carbocycles. The number of nitrogens with one attached hydrogen (secondary N) is 2. The highest BCUT2D eigenvalue weighted by Crippen LogP contribution is 2.24. The number of hydrogen-bond donors (Lipinski definition) is 3. The van der Waals surface area contributed by atoms with E-state index in [0.717, 1.165) is 12.2 Å². The van der Waals surface area contributed by atoms with E-state index in [0.29, 0.717) is 29.5 Å². The van der Waals surface area contributed by atoms with Crippen LogP contribution < -0.4 is 16.4 Å². The van der Waals surface area contributed by atoms with Gasteiger partial charge >= 0.3 is 0 Å². The predicted molar refractivity (Wildman–Crippen MR) is 106 cm³/mol. The topological polar surface area (TPSA) is 107 Å². The van der Waals surface area contributed by atoms with Crippen LogP contribution in [0.1, 0.15) is 32.1 Å². The molecule has 2 heterocycles. The van der Waals surface area contributed by atoms with E-state index in [1.54, 1.807) is 6.07 Å². The fraction of sp³-hybridized carbons (Fsp3) is 0.368. The lowest BCUT2D eigenvalue weighted by molar-refractivity contribution is 0.373. The Morgan fingerprint density at radius 2 is 1.89 bits per heavy atom. The van der Waals surface area contributed by atoms with Gasteiger partial charge in [0.15, 0.2) is 5.82 Å². The van der Waals surface area contributed by atoms with Gasteiger partial charge in [0.2, 0.25) is 11.9 Å². The van der Waals surface area contributed by atoms with E-state index in [1.165, 1.54) is 43.1 Å². The van der Waals surface area contributed by atoms with Gasteiger partial charge in [-0.05, 0) is 30.9 Å². The van der Waals surface area contributed by atoms with Crippen LogP contribution in [0.15, 0.2) is 42.7 Å². The Hall–Kier alpha value is -3.16. The third-order valence-electron chi connectivity index (χ3n) is 4.82. The van der Waals surface area contributed by atoms with E-state index in [1.807, 2.05) is 30.3 Å². The second-order valence-corrected chi connectivity index (χ2v) is 6.84. The Kier molecular flexibility index (Phi) is 5.13. The molecule has 2 aromatic heterocycles. The Morgan fingerprint density at radius 1 is 1.07 bits per heavy atom. The fourth-order valence-electron chi connectivity index (χ4n) is 3.40. The molecular weight excluding hydrogens is 340 g/mol. The molecular formula is C19H24N8. The minimum absolute atomic E-state index is 0.297. The summed E-state index contributed by atoms with van der Waals surface area (Å²) in [7, 11) is 0. The molecule has 0 unspecified atom stereocenters. The third kappa shape index (κ3) is 4.33. The molecule has 0 aliphatic heterocycles. The number of aromatic nitrogens is 5. The molecule has 1 saturated carbocycles. The lowest BCUT2D eigenvalue weighted by Crippen LogP contribution is -2.17. The van der Waals surface area contributed by atoms with Crippen molar-refractivity contribution in [1.29, 1.82) is 0 Å². The molecule has 4 N–H and O–H groups in total. The molecule has 8 heteroatoms. The van der Waals surface area contributed by atoms with E-state index in [9.17, 15) is 0 Å². The Balaban J connectivity index is 1.46. The standard InChI is InChI=1S/C19H24N8/c20-18-25-19(21-12-14-7-3-1-4-8-14)26-27(18)17-11-16(22-13-23-17)24-15-9-5-2-6-10-15/h2,5-6,9-11,13-14H,1,3-4,7-8,12H2,(H,22,23,24)(H3,20,21,25,26). The normalized spacial score (nSPS) is 14.8. The number of rotatable bonds is 6. The number of nitrogen functional groups attached to an aromatic ring is 1. The monoisotopic (exact) mass is 364 g/mol. The first kappa shape index (κ1) is 17.3. The van der Waals surface area contributed by atoms with Gasteiger partial charge < -0.3 is 16.4 Å². The molecule has 27 heavy (non-hydrogen) atoms. The summed E-state index contributed by atoms with van der Waals surface area (Å²) in [5, 5.41) is 11.0. The minimum Gasteiger partial charge on any atom is -0.368 e. The number of para-hydroxylation sites is 1. The maximum atomic E-state index is 6.05. The molecule has 0 saturated heterocycles. The summed E-state index contributed by atoms with van der Waals surface area (Å²) >= 11 is 0. The highest BCUT2D eigenvalue weighted by Gasteiger charge is 2.15. The SMILES string of the molecule is Nc1nc(NCC2CCCCC2)nn1-c1cc(Nc2ccccc2)ncn1. The Morgan fingerprint density at radius 3 is 2.70 bits per heavy atom. The molecule has 4 rings (SSSR count). The van der Waals surface area contributed by atoms with Crippen molar-refractivity contribution < 1.29 is 0 Å².